The van der Waals surface area contributed by atoms with Gasteiger partial charge in [0.15, 0.2) is 0 Å². The van der Waals surface area contributed by atoms with E-state index in [4.69, 9.17) is 0 Å². The van der Waals surface area contributed by atoms with E-state index < -0.39 is 16.7 Å². The van der Waals surface area contributed by atoms with Crippen LogP contribution in [-0.4, -0.2) is 19.3 Å². The number of aromatic amines is 1. The summed E-state index contributed by atoms with van der Waals surface area (Å²) in [5.74, 6) is 0.214. The third kappa shape index (κ3) is 1.88. The van der Waals surface area contributed by atoms with E-state index in [2.05, 4.69) is 10.1 Å². The van der Waals surface area contributed by atoms with E-state index in [-0.39, 0.29) is 17.0 Å². The van der Waals surface area contributed by atoms with Gasteiger partial charge in [-0.05, 0) is 20.8 Å². The van der Waals surface area contributed by atoms with Crippen molar-refractivity contribution in [2.75, 3.05) is 0 Å². The predicted octanol–water partition coefficient (Wildman–Crippen LogP) is -0.828. The van der Waals surface area contributed by atoms with Crippen LogP contribution < -0.4 is 15.7 Å². The molecule has 2 rings (SSSR count). The zero-order valence-corrected chi connectivity index (χ0v) is 11.5. The van der Waals surface area contributed by atoms with E-state index in [1.807, 2.05) is 20.8 Å². The van der Waals surface area contributed by atoms with Gasteiger partial charge in [0.2, 0.25) is 5.65 Å². The molecule has 0 aliphatic heterocycles. The Kier molecular flexibility index (Phi) is 2.69. The molecule has 0 saturated carbocycles. The van der Waals surface area contributed by atoms with E-state index in [0.29, 0.717) is 4.43 Å². The van der Waals surface area contributed by atoms with Crippen LogP contribution in [0.5, 0.6) is 0 Å². The molecule has 0 unspecified atom stereocenters. The molecule has 0 amide bonds. The molecule has 0 fully saturated rings. The van der Waals surface area contributed by atoms with Crippen LogP contribution in [0.1, 0.15) is 26.6 Å². The van der Waals surface area contributed by atoms with Gasteiger partial charge in [0.25, 0.3) is 5.52 Å². The maximum atomic E-state index is 12.3. The topological polar surface area (TPSA) is 95.7 Å². The molecule has 1 N–H and O–H groups in total. The van der Waals surface area contributed by atoms with Gasteiger partial charge in [-0.15, -0.1) is 0 Å². The van der Waals surface area contributed by atoms with Crippen LogP contribution in [0, 0.1) is 4.91 Å². The van der Waals surface area contributed by atoms with Gasteiger partial charge in [0.05, 0.1) is 17.6 Å². The Hall–Kier alpha value is -2.25. The number of H-pyrrole nitrogens is 1. The maximum Gasteiger partial charge on any atom is 0.373 e. The van der Waals surface area contributed by atoms with Crippen molar-refractivity contribution >= 4 is 11.2 Å². The Morgan fingerprint density at radius 3 is 2.32 bits per heavy atom. The molecule has 2 aromatic heterocycles. The zero-order chi connectivity index (χ0) is 14.5. The fourth-order valence-corrected chi connectivity index (χ4v) is 1.81. The van der Waals surface area contributed by atoms with Crippen LogP contribution in [0.2, 0.25) is 0 Å². The van der Waals surface area contributed by atoms with Gasteiger partial charge in [0, 0.05) is 11.5 Å². The molecule has 0 bridgehead atoms. The molecule has 8 nitrogen and oxygen atoms in total. The van der Waals surface area contributed by atoms with Crippen molar-refractivity contribution in [1.29, 1.82) is 0 Å². The average Bonchev–Trinajstić information content (AvgIpc) is 2.28. The summed E-state index contributed by atoms with van der Waals surface area (Å²) in [4.78, 5) is 38.4. The summed E-state index contributed by atoms with van der Waals surface area (Å²) in [6, 6.07) is 0. The summed E-state index contributed by atoms with van der Waals surface area (Å²) in [5, 5.41) is 4.13. The van der Waals surface area contributed by atoms with Gasteiger partial charge in [0.1, 0.15) is 0 Å². The minimum absolute atomic E-state index is 0.108. The molecule has 0 aliphatic carbocycles. The fraction of sp³-hybridized carbons (Fsp3) is 0.545. The first kappa shape index (κ1) is 13.2. The van der Waals surface area contributed by atoms with Gasteiger partial charge in [-0.3, -0.25) is 14.3 Å². The van der Waals surface area contributed by atoms with Gasteiger partial charge >= 0.3 is 17.1 Å². The smallest absolute Gasteiger partial charge is 0.287 e. The summed E-state index contributed by atoms with van der Waals surface area (Å²) in [6.07, 6.45) is 0. The van der Waals surface area contributed by atoms with Crippen LogP contribution in [0.4, 0.5) is 0 Å². The second kappa shape index (κ2) is 3.87. The van der Waals surface area contributed by atoms with Crippen molar-refractivity contribution in [3.63, 3.8) is 0 Å². The Morgan fingerprint density at radius 1 is 1.21 bits per heavy atom. The molecule has 19 heavy (non-hydrogen) atoms. The molecule has 0 aromatic carbocycles. The second-order valence-corrected chi connectivity index (χ2v) is 5.48. The molecule has 0 aliphatic rings. The van der Waals surface area contributed by atoms with Crippen molar-refractivity contribution in [1.82, 2.24) is 19.3 Å². The van der Waals surface area contributed by atoms with E-state index in [9.17, 15) is 14.5 Å². The lowest BCUT2D eigenvalue weighted by atomic mass is 9.96. The highest BCUT2D eigenvalue weighted by atomic mass is 16.3. The molecule has 102 valence electrons. The van der Waals surface area contributed by atoms with Crippen LogP contribution in [0.15, 0.2) is 9.59 Å². The molecule has 2 aromatic rings. The predicted molar refractivity (Wildman–Crippen MR) is 68.6 cm³/mol. The average molecular weight is 266 g/mol. The van der Waals surface area contributed by atoms with Crippen molar-refractivity contribution in [2.24, 2.45) is 14.1 Å². The van der Waals surface area contributed by atoms with Gasteiger partial charge in [-0.1, -0.05) is 4.91 Å². The molecule has 0 spiro atoms. The molecular weight excluding hydrogens is 250 g/mol. The number of hydrogen-bond acceptors (Lipinski definition) is 4. The van der Waals surface area contributed by atoms with Gasteiger partial charge < -0.3 is 0 Å². The monoisotopic (exact) mass is 266 g/mol. The number of rotatable bonds is 0. The first-order chi connectivity index (χ1) is 8.64. The summed E-state index contributed by atoms with van der Waals surface area (Å²) in [7, 11) is 2.89. The highest BCUT2D eigenvalue weighted by Crippen LogP contribution is 2.15. The third-order valence-corrected chi connectivity index (χ3v) is 2.90. The highest BCUT2D eigenvalue weighted by molar-refractivity contribution is 5.63. The zero-order valence-electron chi connectivity index (χ0n) is 11.5. The molecule has 8 heteroatoms. The first-order valence-corrected chi connectivity index (χ1v) is 5.78. The third-order valence-electron chi connectivity index (χ3n) is 2.90. The van der Waals surface area contributed by atoms with Crippen LogP contribution in [0.25, 0.3) is 11.2 Å². The number of aromatic nitrogens is 5. The lowest BCUT2D eigenvalue weighted by Crippen LogP contribution is -2.43. The summed E-state index contributed by atoms with van der Waals surface area (Å²) in [6.45, 7) is 5.48. The van der Waals surface area contributed by atoms with Crippen molar-refractivity contribution in [3.8, 4) is 0 Å². The maximum absolute atomic E-state index is 12.3. The van der Waals surface area contributed by atoms with E-state index in [0.717, 1.165) is 4.57 Å². The summed E-state index contributed by atoms with van der Waals surface area (Å²) < 4.78 is 2.70. The Morgan fingerprint density at radius 2 is 1.79 bits per heavy atom. The molecule has 0 radical (unpaired) electrons. The molecule has 2 heterocycles. The Balaban J connectivity index is 3.15. The summed E-state index contributed by atoms with van der Waals surface area (Å²) >= 11 is 0. The lowest BCUT2D eigenvalue weighted by molar-refractivity contribution is -0.487. The molecule has 0 saturated heterocycles. The number of fused-ring (bicyclic) bond motifs is 1. The largest absolute Gasteiger partial charge is 0.373 e. The van der Waals surface area contributed by atoms with Crippen LogP contribution in [-0.2, 0) is 19.5 Å². The minimum Gasteiger partial charge on any atom is -0.287 e. The number of aryl methyl sites for hydroxylation is 1. The van der Waals surface area contributed by atoms with E-state index >= 15 is 0 Å². The standard InChI is InChI=1S/C11H15N5O3/c1-11(2,3)9-13-15(5)7-6(16(9)19)8(17)14(4)10(18)12-7/h1-5H3/p+1. The van der Waals surface area contributed by atoms with Crippen molar-refractivity contribution in [3.05, 3.63) is 31.6 Å². The minimum atomic E-state index is -0.641. The number of nitrogens with zero attached hydrogens (tertiary/aromatic N) is 4. The quantitative estimate of drug-likeness (QED) is 0.630. The van der Waals surface area contributed by atoms with Gasteiger partial charge in [-0.25, -0.2) is 4.79 Å². The number of nitrogens with one attached hydrogen (secondary N) is 1. The van der Waals surface area contributed by atoms with Crippen molar-refractivity contribution in [2.45, 2.75) is 26.2 Å². The van der Waals surface area contributed by atoms with E-state index in [1.54, 1.807) is 7.05 Å². The van der Waals surface area contributed by atoms with Crippen LogP contribution >= 0.6 is 0 Å². The Bertz CT molecular complexity index is 835. The summed E-state index contributed by atoms with van der Waals surface area (Å²) in [5.41, 5.74) is -1.76. The molecule has 0 atom stereocenters. The fourth-order valence-electron chi connectivity index (χ4n) is 1.81. The Labute approximate surface area is 107 Å². The van der Waals surface area contributed by atoms with Gasteiger partial charge in [-0.2, -0.15) is 4.68 Å². The number of hydrogen-bond donors (Lipinski definition) is 1. The SMILES string of the molecule is Cn1c(=O)[nH]c2c(c1=O)[n+](=O)c(C(C)(C)C)nn2C. The second-order valence-electron chi connectivity index (χ2n) is 5.48. The molecular formula is C11H16N5O3+. The highest BCUT2D eigenvalue weighted by Gasteiger charge is 2.32. The van der Waals surface area contributed by atoms with Crippen LogP contribution in [0.3, 0.4) is 0 Å². The van der Waals surface area contributed by atoms with E-state index in [1.165, 1.54) is 11.7 Å². The first-order valence-electron chi connectivity index (χ1n) is 5.78. The van der Waals surface area contributed by atoms with Crippen molar-refractivity contribution < 1.29 is 4.43 Å². The lowest BCUT2D eigenvalue weighted by Gasteiger charge is -2.10. The normalized spacial score (nSPS) is 12.1.